The molecule has 0 atom stereocenters. The van der Waals surface area contributed by atoms with Crippen molar-refractivity contribution in [3.8, 4) is 22.3 Å². The maximum atomic E-state index is 13.4. The zero-order valence-electron chi connectivity index (χ0n) is 14.8. The highest BCUT2D eigenvalue weighted by atomic mass is 19.1. The first-order chi connectivity index (χ1) is 12.9. The molecule has 27 heavy (non-hydrogen) atoms. The average molecular weight is 359 g/mol. The molecule has 0 aliphatic carbocycles. The molecule has 3 aromatic rings. The normalized spacial score (nSPS) is 12.6. The molecule has 134 valence electrons. The number of nitrogen functional groups attached to an aromatic ring is 1. The highest BCUT2D eigenvalue weighted by molar-refractivity contribution is 6.04. The van der Waals surface area contributed by atoms with Crippen LogP contribution in [0.1, 0.15) is 28.4 Å². The molecule has 0 bridgehead atoms. The molecule has 4 nitrogen and oxygen atoms in total. The summed E-state index contributed by atoms with van der Waals surface area (Å²) in [5.74, 6) is -0.415. The van der Waals surface area contributed by atoms with Crippen molar-refractivity contribution in [1.29, 1.82) is 5.41 Å². The van der Waals surface area contributed by atoms with E-state index in [1.165, 1.54) is 12.1 Å². The van der Waals surface area contributed by atoms with Crippen LogP contribution < -0.4 is 11.1 Å². The molecule has 0 spiro atoms. The van der Waals surface area contributed by atoms with E-state index in [1.54, 1.807) is 25.1 Å². The van der Waals surface area contributed by atoms with Gasteiger partial charge in [0.25, 0.3) is 5.91 Å². The molecule has 0 radical (unpaired) electrons. The van der Waals surface area contributed by atoms with Gasteiger partial charge in [-0.15, -0.1) is 0 Å². The molecule has 1 amide bonds. The number of benzene rings is 3. The molecule has 5 heteroatoms. The fourth-order valence-electron chi connectivity index (χ4n) is 3.43. The quantitative estimate of drug-likeness (QED) is 0.479. The minimum Gasteiger partial charge on any atom is -0.398 e. The number of nitrogens with two attached hydrogens (primary N) is 1. The van der Waals surface area contributed by atoms with Gasteiger partial charge < -0.3 is 16.5 Å². The van der Waals surface area contributed by atoms with Gasteiger partial charge in [-0.1, -0.05) is 18.2 Å². The highest BCUT2D eigenvalue weighted by Gasteiger charge is 2.22. The Hall–Kier alpha value is -3.47. The molecular weight excluding hydrogens is 341 g/mol. The zero-order valence-corrected chi connectivity index (χ0v) is 14.8. The molecule has 0 aromatic heterocycles. The molecule has 0 saturated carbocycles. The maximum Gasteiger partial charge on any atom is 0.251 e. The first-order valence-corrected chi connectivity index (χ1v) is 8.60. The van der Waals surface area contributed by atoms with Crippen molar-refractivity contribution in [2.24, 2.45) is 0 Å². The third-order valence-electron chi connectivity index (χ3n) is 4.85. The number of halogens is 1. The number of hydrogen-bond acceptors (Lipinski definition) is 3. The summed E-state index contributed by atoms with van der Waals surface area (Å²) in [6.45, 7) is 2.18. The van der Waals surface area contributed by atoms with Gasteiger partial charge in [0.2, 0.25) is 0 Å². The molecule has 0 unspecified atom stereocenters. The van der Waals surface area contributed by atoms with Gasteiger partial charge in [-0.2, -0.15) is 0 Å². The van der Waals surface area contributed by atoms with Crippen LogP contribution in [0.15, 0.2) is 54.6 Å². The van der Waals surface area contributed by atoms with Crippen molar-refractivity contribution in [3.05, 3.63) is 77.1 Å². The van der Waals surface area contributed by atoms with Gasteiger partial charge >= 0.3 is 0 Å². The predicted octanol–water partition coefficient (Wildman–Crippen LogP) is 4.37. The van der Waals surface area contributed by atoms with E-state index in [0.717, 1.165) is 27.8 Å². The minimum absolute atomic E-state index is 0.103. The van der Waals surface area contributed by atoms with Crippen molar-refractivity contribution >= 4 is 17.3 Å². The molecule has 1 heterocycles. The molecule has 0 fully saturated rings. The second-order valence-corrected chi connectivity index (χ2v) is 6.67. The molecule has 4 N–H and O–H groups in total. The molecular formula is C22H18FN3O. The Morgan fingerprint density at radius 3 is 2.37 bits per heavy atom. The van der Waals surface area contributed by atoms with E-state index in [-0.39, 0.29) is 11.7 Å². The summed E-state index contributed by atoms with van der Waals surface area (Å²) < 4.78 is 13.4. The molecule has 3 aromatic carbocycles. The lowest BCUT2D eigenvalue weighted by molar-refractivity contribution is 0.0966. The average Bonchev–Trinajstić information content (AvgIpc) is 3.02. The van der Waals surface area contributed by atoms with E-state index >= 15 is 0 Å². The Labute approximate surface area is 156 Å². The van der Waals surface area contributed by atoms with Gasteiger partial charge in [0.15, 0.2) is 0 Å². The fraction of sp³-hybridized carbons (Fsp3) is 0.0909. The van der Waals surface area contributed by atoms with Crippen LogP contribution in [-0.4, -0.2) is 11.6 Å². The summed E-state index contributed by atoms with van der Waals surface area (Å²) in [6.07, 6.45) is 0. The number of carbonyl (C=O) groups excluding carboxylic acids is 1. The molecule has 4 rings (SSSR count). The lowest BCUT2D eigenvalue weighted by atomic mass is 9.89. The van der Waals surface area contributed by atoms with Gasteiger partial charge in [-0.3, -0.25) is 4.79 Å². The third kappa shape index (κ3) is 2.97. The summed E-state index contributed by atoms with van der Waals surface area (Å²) in [4.78, 5) is 12.1. The van der Waals surface area contributed by atoms with Crippen molar-refractivity contribution < 1.29 is 9.18 Å². The fourth-order valence-corrected chi connectivity index (χ4v) is 3.43. The second kappa shape index (κ2) is 6.36. The van der Waals surface area contributed by atoms with E-state index in [4.69, 9.17) is 11.1 Å². The summed E-state index contributed by atoms with van der Waals surface area (Å²) in [5.41, 5.74) is 12.6. The first kappa shape index (κ1) is 17.0. The summed E-state index contributed by atoms with van der Waals surface area (Å²) in [6, 6.07) is 15.6. The number of anilines is 1. The van der Waals surface area contributed by atoms with Gasteiger partial charge in [-0.05, 0) is 71.1 Å². The summed E-state index contributed by atoms with van der Waals surface area (Å²) >= 11 is 0. The Morgan fingerprint density at radius 2 is 1.67 bits per heavy atom. The molecule has 1 aliphatic heterocycles. The van der Waals surface area contributed by atoms with Gasteiger partial charge in [0, 0.05) is 29.1 Å². The molecule has 1 aliphatic rings. The molecule has 0 saturated heterocycles. The summed E-state index contributed by atoms with van der Waals surface area (Å²) in [7, 11) is 0. The van der Waals surface area contributed by atoms with Crippen molar-refractivity contribution in [1.82, 2.24) is 5.32 Å². The summed E-state index contributed by atoms with van der Waals surface area (Å²) in [5, 5.41) is 10.8. The van der Waals surface area contributed by atoms with Crippen molar-refractivity contribution in [2.45, 2.75) is 13.5 Å². The smallest absolute Gasteiger partial charge is 0.251 e. The number of hydrogen-bond donors (Lipinski definition) is 3. The first-order valence-electron chi connectivity index (χ1n) is 8.60. The second-order valence-electron chi connectivity index (χ2n) is 6.67. The van der Waals surface area contributed by atoms with Crippen LogP contribution >= 0.6 is 0 Å². The van der Waals surface area contributed by atoms with E-state index in [1.807, 2.05) is 24.3 Å². The van der Waals surface area contributed by atoms with Gasteiger partial charge in [0.05, 0.1) is 0 Å². The SMILES string of the molecule is CC(=N)c1cc(-c2cc3c(cc2-c2ccc(F)cc2)C(=O)NC3)ccc1N. The van der Waals surface area contributed by atoms with E-state index < -0.39 is 0 Å². The number of nitrogens with one attached hydrogen (secondary N) is 2. The topological polar surface area (TPSA) is 79.0 Å². The number of rotatable bonds is 3. The Morgan fingerprint density at radius 1 is 1.00 bits per heavy atom. The van der Waals surface area contributed by atoms with Crippen LogP contribution in [0.2, 0.25) is 0 Å². The van der Waals surface area contributed by atoms with Crippen LogP contribution in [0.4, 0.5) is 10.1 Å². The van der Waals surface area contributed by atoms with Crippen LogP contribution in [0.5, 0.6) is 0 Å². The Kier molecular flexibility index (Phi) is 4.00. The van der Waals surface area contributed by atoms with E-state index in [9.17, 15) is 9.18 Å². The maximum absolute atomic E-state index is 13.4. The van der Waals surface area contributed by atoms with Gasteiger partial charge in [0.1, 0.15) is 5.82 Å². The Balaban J connectivity index is 1.97. The van der Waals surface area contributed by atoms with E-state index in [2.05, 4.69) is 5.32 Å². The number of carbonyl (C=O) groups is 1. The Bertz CT molecular complexity index is 1090. The monoisotopic (exact) mass is 359 g/mol. The highest BCUT2D eigenvalue weighted by Crippen LogP contribution is 2.37. The standard InChI is InChI=1S/C22H18FN3O/c1-12(24)17-8-14(4-7-21(17)25)18-9-15-11-26-22(27)20(15)10-19(18)13-2-5-16(23)6-3-13/h2-10,24H,11,25H2,1H3,(H,26,27). The van der Waals surface area contributed by atoms with Gasteiger partial charge in [-0.25, -0.2) is 4.39 Å². The number of amides is 1. The van der Waals surface area contributed by atoms with Crippen LogP contribution in [0.25, 0.3) is 22.3 Å². The largest absolute Gasteiger partial charge is 0.398 e. The minimum atomic E-state index is -0.312. The number of fused-ring (bicyclic) bond motifs is 1. The van der Waals surface area contributed by atoms with Crippen molar-refractivity contribution in [2.75, 3.05) is 5.73 Å². The van der Waals surface area contributed by atoms with Crippen molar-refractivity contribution in [3.63, 3.8) is 0 Å². The lowest BCUT2D eigenvalue weighted by Crippen LogP contribution is -2.12. The van der Waals surface area contributed by atoms with Crippen LogP contribution in [0, 0.1) is 11.2 Å². The van der Waals surface area contributed by atoms with E-state index in [0.29, 0.717) is 29.1 Å². The predicted molar refractivity (Wildman–Crippen MR) is 105 cm³/mol. The lowest BCUT2D eigenvalue weighted by Gasteiger charge is -2.14. The third-order valence-corrected chi connectivity index (χ3v) is 4.85. The van der Waals surface area contributed by atoms with Crippen LogP contribution in [-0.2, 0) is 6.54 Å². The van der Waals surface area contributed by atoms with Crippen LogP contribution in [0.3, 0.4) is 0 Å². The zero-order chi connectivity index (χ0) is 19.1.